The van der Waals surface area contributed by atoms with E-state index in [1.54, 1.807) is 11.3 Å². The summed E-state index contributed by atoms with van der Waals surface area (Å²) in [7, 11) is 0. The first-order valence-corrected chi connectivity index (χ1v) is 8.43. The first-order chi connectivity index (χ1) is 9.18. The molecule has 3 rings (SSSR count). The van der Waals surface area contributed by atoms with Crippen LogP contribution >= 0.6 is 45.5 Å². The maximum absolute atomic E-state index is 6.73. The van der Waals surface area contributed by atoms with Gasteiger partial charge in [0.05, 0.1) is 5.38 Å². The van der Waals surface area contributed by atoms with Gasteiger partial charge in [0.2, 0.25) is 0 Å². The van der Waals surface area contributed by atoms with Crippen molar-refractivity contribution < 1.29 is 0 Å². The van der Waals surface area contributed by atoms with Crippen LogP contribution < -0.4 is 0 Å². The fourth-order valence-corrected chi connectivity index (χ4v) is 4.51. The van der Waals surface area contributed by atoms with Crippen molar-refractivity contribution in [2.24, 2.45) is 0 Å². The summed E-state index contributed by atoms with van der Waals surface area (Å²) in [5.74, 6) is 0. The lowest BCUT2D eigenvalue weighted by Gasteiger charge is -2.13. The lowest BCUT2D eigenvalue weighted by Crippen LogP contribution is -1.97. The van der Waals surface area contributed by atoms with Gasteiger partial charge < -0.3 is 0 Å². The zero-order chi connectivity index (χ0) is 13.4. The average Bonchev–Trinajstić information content (AvgIpc) is 2.85. The van der Waals surface area contributed by atoms with Gasteiger partial charge in [-0.05, 0) is 63.0 Å². The molecule has 1 heterocycles. The number of alkyl halides is 1. The van der Waals surface area contributed by atoms with Crippen molar-refractivity contribution in [3.8, 4) is 0 Å². The minimum atomic E-state index is -0.0806. The van der Waals surface area contributed by atoms with Gasteiger partial charge in [-0.25, -0.2) is 0 Å². The molecule has 1 unspecified atom stereocenters. The van der Waals surface area contributed by atoms with Crippen molar-refractivity contribution in [3.05, 3.63) is 68.1 Å². The third-order valence-corrected chi connectivity index (χ3v) is 6.20. The van der Waals surface area contributed by atoms with E-state index in [-0.39, 0.29) is 5.38 Å². The van der Waals surface area contributed by atoms with Gasteiger partial charge in [0.25, 0.3) is 0 Å². The number of thiophene rings is 1. The highest BCUT2D eigenvalue weighted by Gasteiger charge is 2.18. The Bertz CT molecular complexity index is 732. The zero-order valence-corrected chi connectivity index (χ0v) is 14.1. The van der Waals surface area contributed by atoms with Crippen molar-refractivity contribution in [2.45, 2.75) is 12.3 Å². The number of benzene rings is 2. The molecule has 0 aliphatic rings. The predicted octanol–water partition coefficient (Wildman–Crippen LogP) is 6.14. The van der Waals surface area contributed by atoms with Crippen LogP contribution in [0, 0.1) is 10.5 Å². The molecule has 0 amide bonds. The summed E-state index contributed by atoms with van der Waals surface area (Å²) in [5, 5.41) is 3.37. The minimum absolute atomic E-state index is 0.0806. The molecule has 0 radical (unpaired) electrons. The molecule has 0 nitrogen and oxygen atoms in total. The number of halogens is 2. The van der Waals surface area contributed by atoms with Crippen molar-refractivity contribution in [1.82, 2.24) is 0 Å². The SMILES string of the molecule is Cc1cccc(C(Cl)c2csc3ccccc23)c1I. The fourth-order valence-electron chi connectivity index (χ4n) is 2.23. The van der Waals surface area contributed by atoms with Crippen LogP contribution in [0.2, 0.25) is 0 Å². The van der Waals surface area contributed by atoms with E-state index in [0.717, 1.165) is 0 Å². The quantitative estimate of drug-likeness (QED) is 0.359. The summed E-state index contributed by atoms with van der Waals surface area (Å²) in [6.45, 7) is 2.13. The van der Waals surface area contributed by atoms with Gasteiger partial charge in [-0.15, -0.1) is 22.9 Å². The highest BCUT2D eigenvalue weighted by Crippen LogP contribution is 2.39. The zero-order valence-electron chi connectivity index (χ0n) is 10.4. The van der Waals surface area contributed by atoms with Gasteiger partial charge >= 0.3 is 0 Å². The van der Waals surface area contributed by atoms with E-state index in [2.05, 4.69) is 77.4 Å². The molecule has 0 spiro atoms. The molecule has 0 bridgehead atoms. The van der Waals surface area contributed by atoms with Crippen LogP contribution in [0.25, 0.3) is 10.1 Å². The largest absolute Gasteiger partial charge is 0.143 e. The van der Waals surface area contributed by atoms with E-state index in [1.807, 2.05) is 0 Å². The molecule has 19 heavy (non-hydrogen) atoms. The summed E-state index contributed by atoms with van der Waals surface area (Å²) >= 11 is 10.9. The van der Waals surface area contributed by atoms with E-state index in [4.69, 9.17) is 11.6 Å². The van der Waals surface area contributed by atoms with Crippen LogP contribution in [-0.2, 0) is 0 Å². The van der Waals surface area contributed by atoms with Gasteiger partial charge in [-0.1, -0.05) is 36.4 Å². The minimum Gasteiger partial charge on any atom is -0.143 e. The first-order valence-electron chi connectivity index (χ1n) is 6.03. The van der Waals surface area contributed by atoms with E-state index >= 15 is 0 Å². The molecular weight excluding hydrogens is 387 g/mol. The highest BCUT2D eigenvalue weighted by molar-refractivity contribution is 14.1. The normalized spacial score (nSPS) is 12.8. The molecule has 3 aromatic rings. The Hall–Kier alpha value is -0.580. The van der Waals surface area contributed by atoms with Crippen LogP contribution in [0.1, 0.15) is 22.1 Å². The monoisotopic (exact) mass is 398 g/mol. The number of aryl methyl sites for hydroxylation is 1. The van der Waals surface area contributed by atoms with Gasteiger partial charge in [0.15, 0.2) is 0 Å². The van der Waals surface area contributed by atoms with Gasteiger partial charge in [-0.3, -0.25) is 0 Å². The third-order valence-electron chi connectivity index (χ3n) is 3.28. The van der Waals surface area contributed by atoms with Crippen LogP contribution in [0.3, 0.4) is 0 Å². The Morgan fingerprint density at radius 1 is 1.05 bits per heavy atom. The number of hydrogen-bond acceptors (Lipinski definition) is 1. The summed E-state index contributed by atoms with van der Waals surface area (Å²) in [4.78, 5) is 0. The van der Waals surface area contributed by atoms with Crippen molar-refractivity contribution in [2.75, 3.05) is 0 Å². The first kappa shape index (κ1) is 13.4. The summed E-state index contributed by atoms with van der Waals surface area (Å²) in [6, 6.07) is 14.8. The van der Waals surface area contributed by atoms with Crippen LogP contribution in [-0.4, -0.2) is 0 Å². The molecule has 0 saturated carbocycles. The average molecular weight is 399 g/mol. The van der Waals surface area contributed by atoms with Gasteiger partial charge in [-0.2, -0.15) is 0 Å². The Balaban J connectivity index is 2.13. The fraction of sp³-hybridized carbons (Fsp3) is 0.125. The molecule has 0 aliphatic carbocycles. The van der Waals surface area contributed by atoms with Crippen LogP contribution in [0.15, 0.2) is 47.8 Å². The Morgan fingerprint density at radius 3 is 2.68 bits per heavy atom. The molecule has 2 aromatic carbocycles. The van der Waals surface area contributed by atoms with Gasteiger partial charge in [0, 0.05) is 8.27 Å². The smallest absolute Gasteiger partial charge is 0.0859 e. The van der Waals surface area contributed by atoms with Crippen LogP contribution in [0.5, 0.6) is 0 Å². The molecule has 0 saturated heterocycles. The second kappa shape index (κ2) is 5.43. The third kappa shape index (κ3) is 2.41. The summed E-state index contributed by atoms with van der Waals surface area (Å²) < 4.78 is 2.56. The molecule has 1 aromatic heterocycles. The Morgan fingerprint density at radius 2 is 1.84 bits per heavy atom. The number of rotatable bonds is 2. The lowest BCUT2D eigenvalue weighted by atomic mass is 10.0. The van der Waals surface area contributed by atoms with E-state index in [9.17, 15) is 0 Å². The topological polar surface area (TPSA) is 0 Å². The highest BCUT2D eigenvalue weighted by atomic mass is 127. The molecule has 3 heteroatoms. The van der Waals surface area contributed by atoms with E-state index in [0.29, 0.717) is 0 Å². The molecule has 0 fully saturated rings. The predicted molar refractivity (Wildman–Crippen MR) is 93.4 cm³/mol. The molecule has 96 valence electrons. The number of fused-ring (bicyclic) bond motifs is 1. The van der Waals surface area contributed by atoms with E-state index in [1.165, 1.54) is 30.3 Å². The maximum Gasteiger partial charge on any atom is 0.0859 e. The second-order valence-electron chi connectivity index (χ2n) is 4.53. The molecular formula is C16H12ClIS. The van der Waals surface area contributed by atoms with Gasteiger partial charge in [0.1, 0.15) is 0 Å². The van der Waals surface area contributed by atoms with Crippen molar-refractivity contribution in [3.63, 3.8) is 0 Å². The molecule has 0 aliphatic heterocycles. The van der Waals surface area contributed by atoms with Crippen LogP contribution in [0.4, 0.5) is 0 Å². The summed E-state index contributed by atoms with van der Waals surface area (Å²) in [5.41, 5.74) is 3.69. The summed E-state index contributed by atoms with van der Waals surface area (Å²) in [6.07, 6.45) is 0. The van der Waals surface area contributed by atoms with Crippen molar-refractivity contribution in [1.29, 1.82) is 0 Å². The molecule has 0 N–H and O–H groups in total. The molecule has 1 atom stereocenters. The number of hydrogen-bond donors (Lipinski definition) is 0. The second-order valence-corrected chi connectivity index (χ2v) is 6.95. The lowest BCUT2D eigenvalue weighted by molar-refractivity contribution is 1.14. The standard InChI is InChI=1S/C16H12ClIS/c1-10-5-4-7-12(16(10)18)15(17)13-9-19-14-8-3-2-6-11(13)14/h2-9,15H,1H3. The Kier molecular flexibility index (Phi) is 3.83. The maximum atomic E-state index is 6.73. The van der Waals surface area contributed by atoms with E-state index < -0.39 is 0 Å². The Labute approximate surface area is 135 Å². The van der Waals surface area contributed by atoms with Crippen molar-refractivity contribution >= 4 is 55.6 Å².